The average Bonchev–Trinajstić information content (AvgIpc) is 3.41. The summed E-state index contributed by atoms with van der Waals surface area (Å²) in [7, 11) is 4.70. The molecule has 34 heavy (non-hydrogen) atoms. The molecule has 1 aliphatic rings. The molecule has 1 aromatic heterocycles. The van der Waals surface area contributed by atoms with E-state index in [1.54, 1.807) is 50.3 Å². The van der Waals surface area contributed by atoms with Gasteiger partial charge >= 0.3 is 0 Å². The molecule has 0 saturated heterocycles. The van der Waals surface area contributed by atoms with Gasteiger partial charge in [-0.05, 0) is 54.1 Å². The van der Waals surface area contributed by atoms with Gasteiger partial charge in [0.25, 0.3) is 5.91 Å². The van der Waals surface area contributed by atoms with Gasteiger partial charge in [0.2, 0.25) is 0 Å². The van der Waals surface area contributed by atoms with Crippen LogP contribution in [0.25, 0.3) is 16.9 Å². The molecule has 0 bridgehead atoms. The lowest BCUT2D eigenvalue weighted by Gasteiger charge is -2.12. The molecule has 0 atom stereocenters. The Kier molecular flexibility index (Phi) is 5.41. The lowest BCUT2D eigenvalue weighted by molar-refractivity contribution is 0.102. The number of rotatable bonds is 6. The summed E-state index contributed by atoms with van der Waals surface area (Å²) in [5, 5.41) is 7.55. The highest BCUT2D eigenvalue weighted by atomic mass is 19.1. The molecule has 0 fully saturated rings. The van der Waals surface area contributed by atoms with E-state index in [0.717, 1.165) is 22.4 Å². The Morgan fingerprint density at radius 1 is 0.941 bits per heavy atom. The molecule has 4 aromatic rings. The largest absolute Gasteiger partial charge is 0.495 e. The maximum absolute atomic E-state index is 13.6. The minimum absolute atomic E-state index is 0.277. The van der Waals surface area contributed by atoms with Crippen molar-refractivity contribution in [1.82, 2.24) is 9.78 Å². The van der Waals surface area contributed by atoms with Crippen LogP contribution in [-0.4, -0.2) is 37.0 Å². The second-order valence-corrected chi connectivity index (χ2v) is 7.76. The fourth-order valence-electron chi connectivity index (χ4n) is 4.25. The molecular weight excluding hydrogens is 437 g/mol. The second-order valence-electron chi connectivity index (χ2n) is 7.76. The molecule has 1 amide bonds. The van der Waals surface area contributed by atoms with Crippen molar-refractivity contribution in [2.75, 3.05) is 26.6 Å². The van der Waals surface area contributed by atoms with Gasteiger partial charge < -0.3 is 19.5 Å². The van der Waals surface area contributed by atoms with E-state index in [9.17, 15) is 9.18 Å². The second kappa shape index (κ2) is 8.55. The summed E-state index contributed by atoms with van der Waals surface area (Å²) < 4.78 is 31.6. The van der Waals surface area contributed by atoms with Crippen LogP contribution >= 0.6 is 0 Å². The van der Waals surface area contributed by atoms with Crippen LogP contribution in [0.2, 0.25) is 0 Å². The first kappa shape index (κ1) is 21.5. The van der Waals surface area contributed by atoms with Crippen LogP contribution in [0.15, 0.2) is 60.7 Å². The fraction of sp³-hybridized carbons (Fsp3) is 0.154. The molecule has 0 saturated carbocycles. The van der Waals surface area contributed by atoms with Crippen molar-refractivity contribution >= 4 is 11.6 Å². The number of para-hydroxylation sites is 2. The number of nitrogens with zero attached hydrogens (tertiary/aromatic N) is 2. The summed E-state index contributed by atoms with van der Waals surface area (Å²) in [6, 6.07) is 16.9. The number of aromatic nitrogens is 2. The minimum atomic E-state index is -0.367. The SMILES string of the molecule is COc1ccccc1NC(=O)c1nn(-c2ccc(F)cc2)c2c1Cc1cc(OC)c(OC)cc1-2. The molecule has 0 spiro atoms. The van der Waals surface area contributed by atoms with Gasteiger partial charge in [0.15, 0.2) is 17.2 Å². The summed E-state index contributed by atoms with van der Waals surface area (Å²) in [5.74, 6) is 0.999. The first-order valence-corrected chi connectivity index (χ1v) is 10.6. The first-order valence-electron chi connectivity index (χ1n) is 10.6. The van der Waals surface area contributed by atoms with Gasteiger partial charge in [0.05, 0.1) is 38.4 Å². The average molecular weight is 459 g/mol. The number of benzene rings is 3. The third kappa shape index (κ3) is 3.53. The van der Waals surface area contributed by atoms with E-state index in [2.05, 4.69) is 10.4 Å². The Morgan fingerprint density at radius 3 is 2.32 bits per heavy atom. The van der Waals surface area contributed by atoms with Crippen LogP contribution < -0.4 is 19.5 Å². The van der Waals surface area contributed by atoms with Gasteiger partial charge in [0.1, 0.15) is 11.6 Å². The van der Waals surface area contributed by atoms with E-state index in [0.29, 0.717) is 35.0 Å². The highest BCUT2D eigenvalue weighted by Gasteiger charge is 2.32. The van der Waals surface area contributed by atoms with Gasteiger partial charge in [-0.2, -0.15) is 5.10 Å². The maximum Gasteiger partial charge on any atom is 0.276 e. The number of hydrogen-bond acceptors (Lipinski definition) is 5. The predicted octanol–water partition coefficient (Wildman–Crippen LogP) is 4.86. The van der Waals surface area contributed by atoms with E-state index in [1.165, 1.54) is 12.1 Å². The first-order chi connectivity index (χ1) is 16.5. The summed E-state index contributed by atoms with van der Waals surface area (Å²) in [4.78, 5) is 13.4. The summed E-state index contributed by atoms with van der Waals surface area (Å²) >= 11 is 0. The monoisotopic (exact) mass is 459 g/mol. The van der Waals surface area contributed by atoms with Crippen LogP contribution in [0, 0.1) is 5.82 Å². The van der Waals surface area contributed by atoms with Crippen molar-refractivity contribution in [3.63, 3.8) is 0 Å². The van der Waals surface area contributed by atoms with Gasteiger partial charge in [-0.3, -0.25) is 4.79 Å². The number of nitrogens with one attached hydrogen (secondary N) is 1. The molecule has 1 aliphatic carbocycles. The lowest BCUT2D eigenvalue weighted by Crippen LogP contribution is -2.15. The minimum Gasteiger partial charge on any atom is -0.495 e. The van der Waals surface area contributed by atoms with Gasteiger partial charge in [0, 0.05) is 17.5 Å². The highest BCUT2D eigenvalue weighted by molar-refractivity contribution is 6.06. The number of amides is 1. The predicted molar refractivity (Wildman–Crippen MR) is 126 cm³/mol. The maximum atomic E-state index is 13.6. The summed E-state index contributed by atoms with van der Waals surface area (Å²) in [6.45, 7) is 0. The summed E-state index contributed by atoms with van der Waals surface area (Å²) in [5.41, 5.74) is 4.83. The molecule has 8 heteroatoms. The van der Waals surface area contributed by atoms with Crippen LogP contribution in [0.4, 0.5) is 10.1 Å². The van der Waals surface area contributed by atoms with Crippen molar-refractivity contribution in [3.05, 3.63) is 83.3 Å². The zero-order valence-corrected chi connectivity index (χ0v) is 18.9. The number of carbonyl (C=O) groups excluding carboxylic acids is 1. The molecule has 1 heterocycles. The Bertz CT molecular complexity index is 1400. The van der Waals surface area contributed by atoms with Crippen molar-refractivity contribution < 1.29 is 23.4 Å². The van der Waals surface area contributed by atoms with Crippen molar-refractivity contribution in [3.8, 4) is 34.2 Å². The molecule has 7 nitrogen and oxygen atoms in total. The number of halogens is 1. The number of carbonyl (C=O) groups is 1. The number of methoxy groups -OCH3 is 3. The number of anilines is 1. The Morgan fingerprint density at radius 2 is 1.62 bits per heavy atom. The standard InChI is InChI=1S/C26H22FN3O4/c1-32-21-7-5-4-6-20(21)28-26(31)24-19-12-15-13-22(33-2)23(34-3)14-18(15)25(19)30(29-24)17-10-8-16(27)9-11-17/h4-11,13-14H,12H2,1-3H3,(H,28,31). The molecule has 0 unspecified atom stereocenters. The van der Waals surface area contributed by atoms with E-state index < -0.39 is 0 Å². The van der Waals surface area contributed by atoms with E-state index in [-0.39, 0.29) is 17.4 Å². The van der Waals surface area contributed by atoms with Gasteiger partial charge in [-0.1, -0.05) is 12.1 Å². The Balaban J connectivity index is 1.65. The van der Waals surface area contributed by atoms with E-state index in [1.807, 2.05) is 24.3 Å². The quantitative estimate of drug-likeness (QED) is 0.393. The molecule has 5 rings (SSSR count). The van der Waals surface area contributed by atoms with E-state index in [4.69, 9.17) is 14.2 Å². The third-order valence-corrected chi connectivity index (χ3v) is 5.86. The number of ether oxygens (including phenoxy) is 3. The van der Waals surface area contributed by atoms with E-state index >= 15 is 0 Å². The molecule has 3 aromatic carbocycles. The van der Waals surface area contributed by atoms with Crippen molar-refractivity contribution in [1.29, 1.82) is 0 Å². The molecule has 0 aliphatic heterocycles. The van der Waals surface area contributed by atoms with Crippen LogP contribution in [0.1, 0.15) is 21.6 Å². The van der Waals surface area contributed by atoms with Crippen molar-refractivity contribution in [2.45, 2.75) is 6.42 Å². The van der Waals surface area contributed by atoms with Crippen molar-refractivity contribution in [2.24, 2.45) is 0 Å². The van der Waals surface area contributed by atoms with Crippen LogP contribution in [0.5, 0.6) is 17.2 Å². The fourth-order valence-corrected chi connectivity index (χ4v) is 4.25. The highest BCUT2D eigenvalue weighted by Crippen LogP contribution is 2.45. The number of hydrogen-bond donors (Lipinski definition) is 1. The molecule has 172 valence electrons. The topological polar surface area (TPSA) is 74.6 Å². The van der Waals surface area contributed by atoms with Crippen LogP contribution in [0.3, 0.4) is 0 Å². The lowest BCUT2D eigenvalue weighted by atomic mass is 10.1. The zero-order valence-electron chi connectivity index (χ0n) is 18.9. The summed E-state index contributed by atoms with van der Waals surface area (Å²) in [6.07, 6.45) is 0.487. The zero-order chi connectivity index (χ0) is 23.8. The molecule has 0 radical (unpaired) electrons. The smallest absolute Gasteiger partial charge is 0.276 e. The third-order valence-electron chi connectivity index (χ3n) is 5.86. The van der Waals surface area contributed by atoms with Gasteiger partial charge in [-0.15, -0.1) is 0 Å². The molecular formula is C26H22FN3O4. The van der Waals surface area contributed by atoms with Crippen LogP contribution in [-0.2, 0) is 6.42 Å². The Hall–Kier alpha value is -4.33. The number of fused-ring (bicyclic) bond motifs is 3. The molecule has 1 N–H and O–H groups in total. The normalized spacial score (nSPS) is 11.5. The Labute approximate surface area is 195 Å². The van der Waals surface area contributed by atoms with Gasteiger partial charge in [-0.25, -0.2) is 9.07 Å².